The van der Waals surface area contributed by atoms with Gasteiger partial charge in [-0.25, -0.2) is 4.98 Å². The highest BCUT2D eigenvalue weighted by Gasteiger charge is 2.08. The summed E-state index contributed by atoms with van der Waals surface area (Å²) in [5.74, 6) is 0.449. The number of carbonyl (C=O) groups excluding carboxylic acids is 2. The van der Waals surface area contributed by atoms with E-state index in [1.807, 2.05) is 37.4 Å². The van der Waals surface area contributed by atoms with Crippen LogP contribution in [-0.4, -0.2) is 24.6 Å². The Hall–Kier alpha value is -2.73. The first-order valence-electron chi connectivity index (χ1n) is 7.30. The van der Waals surface area contributed by atoms with Crippen LogP contribution in [0, 0.1) is 6.92 Å². The number of hydrogen-bond acceptors (Lipinski definition) is 6. The van der Waals surface area contributed by atoms with E-state index in [4.69, 9.17) is 4.74 Å². The number of hydrogen-bond donors (Lipinski definition) is 0. The lowest BCUT2D eigenvalue weighted by Gasteiger charge is -2.11. The maximum absolute atomic E-state index is 10.9. The van der Waals surface area contributed by atoms with Gasteiger partial charge in [0.15, 0.2) is 11.4 Å². The van der Waals surface area contributed by atoms with Crippen molar-refractivity contribution in [2.24, 2.45) is 0 Å². The van der Waals surface area contributed by atoms with Crippen molar-refractivity contribution in [2.45, 2.75) is 13.5 Å². The zero-order valence-corrected chi connectivity index (χ0v) is 14.3. The molecule has 0 aliphatic heterocycles. The van der Waals surface area contributed by atoms with Gasteiger partial charge in [-0.1, -0.05) is 41.7 Å². The Bertz CT molecular complexity index is 751. The third-order valence-corrected chi connectivity index (χ3v) is 4.35. The highest BCUT2D eigenvalue weighted by atomic mass is 32.1. The van der Waals surface area contributed by atoms with Crippen molar-refractivity contribution in [2.75, 3.05) is 11.9 Å². The number of aryl methyl sites for hydroxylation is 1. The van der Waals surface area contributed by atoms with Gasteiger partial charge < -0.3 is 9.64 Å². The largest absolute Gasteiger partial charge is 0.489 e. The number of ether oxygens (including phenoxy) is 1. The predicted octanol–water partition coefficient (Wildman–Crippen LogP) is 3.51. The minimum Gasteiger partial charge on any atom is -0.489 e. The van der Waals surface area contributed by atoms with Gasteiger partial charge >= 0.3 is 0 Å². The molecule has 1 aromatic carbocycles. The number of anilines is 1. The Kier molecular flexibility index (Phi) is 6.45. The zero-order chi connectivity index (χ0) is 17.4. The predicted molar refractivity (Wildman–Crippen MR) is 95.2 cm³/mol. The van der Waals surface area contributed by atoms with Gasteiger partial charge in [-0.2, -0.15) is 0 Å². The molecule has 0 saturated carbocycles. The molecule has 2 rings (SSSR count). The molecule has 2 aromatic rings. The molecule has 0 N–H and O–H groups in total. The number of benzene rings is 1. The maximum Gasteiger partial charge on any atom is 0.189 e. The average Bonchev–Trinajstić information content (AvgIpc) is 2.99. The van der Waals surface area contributed by atoms with E-state index >= 15 is 0 Å². The van der Waals surface area contributed by atoms with Crippen LogP contribution in [0.2, 0.25) is 0 Å². The van der Waals surface area contributed by atoms with E-state index in [0.717, 1.165) is 11.8 Å². The number of aromatic nitrogens is 1. The van der Waals surface area contributed by atoms with Crippen LogP contribution in [0.5, 0.6) is 0 Å². The van der Waals surface area contributed by atoms with Gasteiger partial charge in [0, 0.05) is 19.3 Å². The molecule has 0 aliphatic rings. The van der Waals surface area contributed by atoms with E-state index in [-0.39, 0.29) is 0 Å². The third kappa shape index (κ3) is 4.89. The molecule has 124 valence electrons. The van der Waals surface area contributed by atoms with Crippen LogP contribution < -0.4 is 4.90 Å². The Morgan fingerprint density at radius 2 is 2.04 bits per heavy atom. The molecule has 24 heavy (non-hydrogen) atoms. The summed E-state index contributed by atoms with van der Waals surface area (Å²) in [7, 11) is 1.82. The molecular formula is C18H18N2O3S. The zero-order valence-electron chi connectivity index (χ0n) is 13.5. The van der Waals surface area contributed by atoms with Gasteiger partial charge in [0.25, 0.3) is 0 Å². The number of aldehydes is 2. The van der Waals surface area contributed by atoms with Crippen molar-refractivity contribution >= 4 is 29.0 Å². The van der Waals surface area contributed by atoms with Crippen molar-refractivity contribution in [1.29, 1.82) is 0 Å². The van der Waals surface area contributed by atoms with Crippen molar-refractivity contribution in [3.63, 3.8) is 0 Å². The highest BCUT2D eigenvalue weighted by Crippen LogP contribution is 2.24. The SMILES string of the molecule is Cc1nc(N(C)C=C/C(=C\C=O)OCc2ccccc2)sc1C=O. The standard InChI is InChI=1S/C18H18N2O3S/c1-14-17(12-22)24-18(19-14)20(2)10-8-16(9-11-21)23-13-15-6-4-3-5-7-15/h3-12H,13H2,1-2H3/b10-8?,16-9+. The quantitative estimate of drug-likeness (QED) is 0.318. The molecule has 0 saturated heterocycles. The molecule has 0 atom stereocenters. The molecule has 1 heterocycles. The smallest absolute Gasteiger partial charge is 0.189 e. The summed E-state index contributed by atoms with van der Waals surface area (Å²) >= 11 is 1.31. The summed E-state index contributed by atoms with van der Waals surface area (Å²) in [5, 5.41) is 0.694. The summed E-state index contributed by atoms with van der Waals surface area (Å²) in [6, 6.07) is 9.70. The number of thiazole rings is 1. The first kappa shape index (κ1) is 17.6. The van der Waals surface area contributed by atoms with Gasteiger partial charge in [-0.05, 0) is 18.6 Å². The van der Waals surface area contributed by atoms with E-state index in [0.29, 0.717) is 34.4 Å². The molecule has 0 amide bonds. The fraction of sp³-hybridized carbons (Fsp3) is 0.167. The van der Waals surface area contributed by atoms with Crippen LogP contribution >= 0.6 is 11.3 Å². The number of nitrogens with zero attached hydrogens (tertiary/aromatic N) is 2. The van der Waals surface area contributed by atoms with Crippen molar-refractivity contribution in [3.05, 3.63) is 70.6 Å². The first-order valence-corrected chi connectivity index (χ1v) is 8.11. The lowest BCUT2D eigenvalue weighted by atomic mass is 10.2. The Morgan fingerprint density at radius 3 is 2.67 bits per heavy atom. The fourth-order valence-corrected chi connectivity index (χ4v) is 2.69. The van der Waals surface area contributed by atoms with Crippen molar-refractivity contribution in [3.8, 4) is 0 Å². The highest BCUT2D eigenvalue weighted by molar-refractivity contribution is 7.17. The number of carbonyl (C=O) groups is 2. The second-order valence-electron chi connectivity index (χ2n) is 4.97. The minimum atomic E-state index is 0.375. The Labute approximate surface area is 144 Å². The monoisotopic (exact) mass is 342 g/mol. The summed E-state index contributed by atoms with van der Waals surface area (Å²) in [5.41, 5.74) is 1.72. The van der Waals surface area contributed by atoms with Gasteiger partial charge in [-0.3, -0.25) is 9.59 Å². The van der Waals surface area contributed by atoms with Gasteiger partial charge in [0.2, 0.25) is 0 Å². The Morgan fingerprint density at radius 1 is 1.29 bits per heavy atom. The second-order valence-corrected chi connectivity index (χ2v) is 5.98. The fourth-order valence-electron chi connectivity index (χ4n) is 1.86. The summed E-state index contributed by atoms with van der Waals surface area (Å²) < 4.78 is 5.65. The van der Waals surface area contributed by atoms with E-state index in [2.05, 4.69) is 4.98 Å². The minimum absolute atomic E-state index is 0.375. The molecule has 6 heteroatoms. The van der Waals surface area contributed by atoms with E-state index in [1.54, 1.807) is 24.1 Å². The van der Waals surface area contributed by atoms with Crippen LogP contribution in [0.25, 0.3) is 0 Å². The molecule has 0 aliphatic carbocycles. The normalized spacial score (nSPS) is 11.5. The molecule has 0 spiro atoms. The third-order valence-electron chi connectivity index (χ3n) is 3.17. The summed E-state index contributed by atoms with van der Waals surface area (Å²) in [6.45, 7) is 2.17. The number of rotatable bonds is 8. The molecule has 1 aromatic heterocycles. The second kappa shape index (κ2) is 8.79. The van der Waals surface area contributed by atoms with Crippen LogP contribution in [0.15, 0.2) is 54.4 Å². The van der Waals surface area contributed by atoms with E-state index in [1.165, 1.54) is 17.4 Å². The first-order chi connectivity index (χ1) is 11.6. The van der Waals surface area contributed by atoms with E-state index < -0.39 is 0 Å². The lowest BCUT2D eigenvalue weighted by Crippen LogP contribution is -2.07. The molecule has 0 unspecified atom stereocenters. The molecular weight excluding hydrogens is 324 g/mol. The van der Waals surface area contributed by atoms with Crippen LogP contribution in [0.4, 0.5) is 5.13 Å². The van der Waals surface area contributed by atoms with Crippen LogP contribution in [0.3, 0.4) is 0 Å². The molecule has 5 nitrogen and oxygen atoms in total. The lowest BCUT2D eigenvalue weighted by molar-refractivity contribution is -0.104. The molecule has 0 bridgehead atoms. The van der Waals surface area contributed by atoms with Crippen LogP contribution in [0.1, 0.15) is 20.9 Å². The topological polar surface area (TPSA) is 59.5 Å². The maximum atomic E-state index is 10.9. The Balaban J connectivity index is 2.03. The van der Waals surface area contributed by atoms with Crippen LogP contribution in [-0.2, 0) is 16.1 Å². The van der Waals surface area contributed by atoms with Gasteiger partial charge in [0.05, 0.1) is 10.6 Å². The van der Waals surface area contributed by atoms with Gasteiger partial charge in [-0.15, -0.1) is 0 Å². The summed E-state index contributed by atoms with van der Waals surface area (Å²) in [6.07, 6.45) is 6.27. The van der Waals surface area contributed by atoms with E-state index in [9.17, 15) is 9.59 Å². The summed E-state index contributed by atoms with van der Waals surface area (Å²) in [4.78, 5) is 28.4. The average molecular weight is 342 g/mol. The van der Waals surface area contributed by atoms with Crippen molar-refractivity contribution < 1.29 is 14.3 Å². The molecule has 0 fully saturated rings. The van der Waals surface area contributed by atoms with Crippen molar-refractivity contribution in [1.82, 2.24) is 4.98 Å². The van der Waals surface area contributed by atoms with Gasteiger partial charge in [0.1, 0.15) is 18.7 Å². The number of allylic oxidation sites excluding steroid dienone is 2. The molecule has 0 radical (unpaired) electrons.